The summed E-state index contributed by atoms with van der Waals surface area (Å²) in [5.41, 5.74) is 1.70. The minimum Gasteiger partial charge on any atom is -0.352 e. The van der Waals surface area contributed by atoms with Gasteiger partial charge in [-0.15, -0.1) is 12.4 Å². The number of anilines is 1. The van der Waals surface area contributed by atoms with Crippen molar-refractivity contribution in [1.29, 1.82) is 0 Å². The van der Waals surface area contributed by atoms with E-state index in [9.17, 15) is 22.8 Å². The van der Waals surface area contributed by atoms with Crippen molar-refractivity contribution < 1.29 is 22.8 Å². The molecule has 2 amide bonds. The highest BCUT2D eigenvalue weighted by Crippen LogP contribution is 2.31. The molecule has 0 unspecified atom stereocenters. The molecule has 0 spiro atoms. The summed E-state index contributed by atoms with van der Waals surface area (Å²) in [6, 6.07) is 14.8. The largest absolute Gasteiger partial charge is 0.416 e. The van der Waals surface area contributed by atoms with Gasteiger partial charge in [0, 0.05) is 24.9 Å². The molecule has 3 aromatic carbocycles. The van der Waals surface area contributed by atoms with Crippen molar-refractivity contribution in [2.75, 3.05) is 26.0 Å². The monoisotopic (exact) mass is 579 g/mol. The van der Waals surface area contributed by atoms with Crippen molar-refractivity contribution in [2.24, 2.45) is 0 Å². The molecular weight excluding hydrogens is 554 g/mol. The number of rotatable bonds is 8. The summed E-state index contributed by atoms with van der Waals surface area (Å²) in [6.07, 6.45) is -2.54. The van der Waals surface area contributed by atoms with Crippen LogP contribution < -0.4 is 10.6 Å². The van der Waals surface area contributed by atoms with Crippen LogP contribution in [0, 0.1) is 0 Å². The van der Waals surface area contributed by atoms with Crippen LogP contribution in [0.2, 0.25) is 5.02 Å². The summed E-state index contributed by atoms with van der Waals surface area (Å²) in [7, 11) is 3.77. The predicted octanol–water partition coefficient (Wildman–Crippen LogP) is 5.94. The highest BCUT2D eigenvalue weighted by Gasteiger charge is 2.30. The number of alkyl halides is 3. The molecule has 4 rings (SSSR count). The quantitative estimate of drug-likeness (QED) is 0.271. The molecule has 0 aliphatic heterocycles. The molecule has 39 heavy (non-hydrogen) atoms. The molecule has 1 aromatic heterocycles. The third kappa shape index (κ3) is 7.29. The van der Waals surface area contributed by atoms with Crippen LogP contribution in [-0.2, 0) is 17.5 Å². The number of halogens is 5. The Kier molecular flexibility index (Phi) is 9.60. The van der Waals surface area contributed by atoms with Crippen LogP contribution in [0.1, 0.15) is 27.9 Å². The zero-order valence-electron chi connectivity index (χ0n) is 21.1. The Morgan fingerprint density at radius 2 is 1.77 bits per heavy atom. The average Bonchev–Trinajstić information content (AvgIpc) is 3.31. The maximum Gasteiger partial charge on any atom is 0.416 e. The summed E-state index contributed by atoms with van der Waals surface area (Å²) >= 11 is 6.30. The van der Waals surface area contributed by atoms with Gasteiger partial charge in [-0.25, -0.2) is 4.68 Å². The van der Waals surface area contributed by atoms with E-state index in [2.05, 4.69) is 15.7 Å². The molecule has 0 atom stereocenters. The van der Waals surface area contributed by atoms with Crippen LogP contribution in [0.25, 0.3) is 16.6 Å². The first-order valence-electron chi connectivity index (χ1n) is 11.7. The fourth-order valence-electron chi connectivity index (χ4n) is 3.82. The van der Waals surface area contributed by atoms with Gasteiger partial charge in [-0.05, 0) is 68.2 Å². The van der Waals surface area contributed by atoms with Crippen molar-refractivity contribution in [2.45, 2.75) is 19.1 Å². The van der Waals surface area contributed by atoms with E-state index >= 15 is 0 Å². The van der Waals surface area contributed by atoms with E-state index < -0.39 is 17.6 Å². The van der Waals surface area contributed by atoms with Crippen LogP contribution in [0.4, 0.5) is 18.9 Å². The number of carbonyl (C=O) groups is 2. The van der Waals surface area contributed by atoms with Gasteiger partial charge in [0.2, 0.25) is 5.91 Å². The second kappa shape index (κ2) is 12.5. The fraction of sp³-hybridized carbons (Fsp3) is 0.222. The SMILES string of the molecule is CN(C)CCC(=O)NCc1ccc(Cl)c(C(=O)Nc2cccc3c2cnn3-c2ccc(C(F)(F)F)cc2)c1.Cl. The highest BCUT2D eigenvalue weighted by molar-refractivity contribution is 6.34. The first-order valence-corrected chi connectivity index (χ1v) is 12.1. The zero-order valence-corrected chi connectivity index (χ0v) is 22.6. The molecule has 0 saturated heterocycles. The Hall–Kier alpha value is -3.60. The topological polar surface area (TPSA) is 79.3 Å². The second-order valence-electron chi connectivity index (χ2n) is 8.94. The van der Waals surface area contributed by atoms with Gasteiger partial charge in [-0.2, -0.15) is 18.3 Å². The van der Waals surface area contributed by atoms with Gasteiger partial charge >= 0.3 is 6.18 Å². The normalized spacial score (nSPS) is 11.4. The van der Waals surface area contributed by atoms with E-state index in [-0.39, 0.29) is 35.4 Å². The fourth-order valence-corrected chi connectivity index (χ4v) is 4.02. The van der Waals surface area contributed by atoms with Gasteiger partial charge in [0.15, 0.2) is 0 Å². The van der Waals surface area contributed by atoms with Gasteiger partial charge in [0.1, 0.15) is 0 Å². The van der Waals surface area contributed by atoms with Gasteiger partial charge in [0.05, 0.1) is 39.2 Å². The number of fused-ring (bicyclic) bond motifs is 1. The molecular formula is C27H26Cl2F3N5O2. The maximum atomic E-state index is 13.1. The van der Waals surface area contributed by atoms with Crippen molar-refractivity contribution in [3.05, 3.63) is 88.6 Å². The Balaban J connectivity index is 0.00000420. The van der Waals surface area contributed by atoms with E-state index in [1.165, 1.54) is 23.0 Å². The predicted molar refractivity (Wildman–Crippen MR) is 148 cm³/mol. The first kappa shape index (κ1) is 29.9. The Morgan fingerprint density at radius 3 is 2.44 bits per heavy atom. The van der Waals surface area contributed by atoms with Crippen molar-refractivity contribution >= 4 is 52.4 Å². The molecule has 206 valence electrons. The first-order chi connectivity index (χ1) is 18.0. The molecule has 0 aliphatic rings. The van der Waals surface area contributed by atoms with E-state index in [1.54, 1.807) is 36.4 Å². The van der Waals surface area contributed by atoms with Gasteiger partial charge < -0.3 is 15.5 Å². The van der Waals surface area contributed by atoms with E-state index in [1.807, 2.05) is 19.0 Å². The van der Waals surface area contributed by atoms with Crippen molar-refractivity contribution in [1.82, 2.24) is 20.0 Å². The summed E-state index contributed by atoms with van der Waals surface area (Å²) in [5, 5.41) is 10.8. The molecule has 2 N–H and O–H groups in total. The van der Waals surface area contributed by atoms with Crippen LogP contribution >= 0.6 is 24.0 Å². The molecule has 12 heteroatoms. The lowest BCUT2D eigenvalue weighted by molar-refractivity contribution is -0.137. The number of hydrogen-bond acceptors (Lipinski definition) is 4. The number of benzene rings is 3. The number of nitrogens with zero attached hydrogens (tertiary/aromatic N) is 3. The van der Waals surface area contributed by atoms with E-state index in [0.717, 1.165) is 12.1 Å². The van der Waals surface area contributed by atoms with Crippen LogP contribution in [0.15, 0.2) is 66.9 Å². The van der Waals surface area contributed by atoms with Gasteiger partial charge in [0.25, 0.3) is 5.91 Å². The second-order valence-corrected chi connectivity index (χ2v) is 9.34. The van der Waals surface area contributed by atoms with Gasteiger partial charge in [-0.3, -0.25) is 9.59 Å². The van der Waals surface area contributed by atoms with Crippen LogP contribution in [0.5, 0.6) is 0 Å². The number of aromatic nitrogens is 2. The summed E-state index contributed by atoms with van der Waals surface area (Å²) in [4.78, 5) is 27.1. The maximum absolute atomic E-state index is 13.1. The Bertz CT molecular complexity index is 1470. The third-order valence-corrected chi connectivity index (χ3v) is 6.18. The van der Waals surface area contributed by atoms with Crippen LogP contribution in [0.3, 0.4) is 0 Å². The number of nitrogens with one attached hydrogen (secondary N) is 2. The minimum atomic E-state index is -4.43. The number of carbonyl (C=O) groups excluding carboxylic acids is 2. The standard InChI is InChI=1S/C27H25ClF3N5O2.ClH/c1-35(2)13-12-25(37)32-15-17-6-11-22(28)20(14-17)26(38)34-23-4-3-5-24-21(23)16-33-36(24)19-9-7-18(8-10-19)27(29,30)31;/h3-11,14,16H,12-13,15H2,1-2H3,(H,32,37)(H,34,38);1H. The lowest BCUT2D eigenvalue weighted by atomic mass is 10.1. The molecule has 1 heterocycles. The molecule has 0 radical (unpaired) electrons. The molecule has 0 bridgehead atoms. The molecule has 0 fully saturated rings. The molecule has 4 aromatic rings. The summed E-state index contributed by atoms with van der Waals surface area (Å²) < 4.78 is 40.3. The van der Waals surface area contributed by atoms with Crippen molar-refractivity contribution in [3.63, 3.8) is 0 Å². The summed E-state index contributed by atoms with van der Waals surface area (Å²) in [5.74, 6) is -0.554. The number of hydrogen-bond donors (Lipinski definition) is 2. The third-order valence-electron chi connectivity index (χ3n) is 5.85. The van der Waals surface area contributed by atoms with E-state index in [0.29, 0.717) is 40.8 Å². The zero-order chi connectivity index (χ0) is 27.4. The van der Waals surface area contributed by atoms with E-state index in [4.69, 9.17) is 11.6 Å². The molecule has 0 saturated carbocycles. The molecule has 0 aliphatic carbocycles. The minimum absolute atomic E-state index is 0. The summed E-state index contributed by atoms with van der Waals surface area (Å²) in [6.45, 7) is 0.875. The smallest absolute Gasteiger partial charge is 0.352 e. The average molecular weight is 580 g/mol. The molecule has 7 nitrogen and oxygen atoms in total. The lowest BCUT2D eigenvalue weighted by Crippen LogP contribution is -2.27. The highest BCUT2D eigenvalue weighted by atomic mass is 35.5. The Labute approximate surface area is 234 Å². The van der Waals surface area contributed by atoms with Crippen LogP contribution in [-0.4, -0.2) is 47.1 Å². The van der Waals surface area contributed by atoms with Crippen molar-refractivity contribution in [3.8, 4) is 5.69 Å². The Morgan fingerprint density at radius 1 is 1.05 bits per heavy atom. The number of amides is 2. The van der Waals surface area contributed by atoms with Gasteiger partial charge in [-0.1, -0.05) is 23.7 Å². The lowest BCUT2D eigenvalue weighted by Gasteiger charge is -2.12.